The lowest BCUT2D eigenvalue weighted by molar-refractivity contribution is -0.168. The van der Waals surface area contributed by atoms with Crippen LogP contribution in [0.15, 0.2) is 12.2 Å². The largest absolute Gasteiger partial charge is 0.481 e. The summed E-state index contributed by atoms with van der Waals surface area (Å²) in [6.45, 7) is 13.1. The van der Waals surface area contributed by atoms with Crippen LogP contribution in [0, 0.1) is 22.7 Å². The van der Waals surface area contributed by atoms with E-state index in [0.29, 0.717) is 18.8 Å². The summed E-state index contributed by atoms with van der Waals surface area (Å²) in [7, 11) is 0. The first kappa shape index (κ1) is 30.7. The Morgan fingerprint density at radius 2 is 1.59 bits per heavy atom. The van der Waals surface area contributed by atoms with Gasteiger partial charge in [0.2, 0.25) is 0 Å². The molecule has 1 N–H and O–H groups in total. The molecule has 0 aromatic heterocycles. The van der Waals surface area contributed by atoms with Gasteiger partial charge >= 0.3 is 11.9 Å². The molecule has 0 bridgehead atoms. The van der Waals surface area contributed by atoms with Gasteiger partial charge in [0.25, 0.3) is 0 Å². The molecule has 0 saturated carbocycles. The predicted octanol–water partition coefficient (Wildman–Crippen LogP) is 8.73. The SMILES string of the molecule is CCCCCCCCCCCC(CCC(C)CC(C)(C)C)OC(=O)C1(C)C=CCCC1C(=O)O. The summed E-state index contributed by atoms with van der Waals surface area (Å²) in [5.74, 6) is -1.40. The highest BCUT2D eigenvalue weighted by Gasteiger charge is 2.46. The van der Waals surface area contributed by atoms with E-state index in [0.717, 1.165) is 32.1 Å². The van der Waals surface area contributed by atoms with Crippen molar-refractivity contribution >= 4 is 11.9 Å². The molecule has 0 aromatic rings. The minimum absolute atomic E-state index is 0.124. The molecule has 0 radical (unpaired) electrons. The first-order valence-corrected chi connectivity index (χ1v) is 14.1. The molecule has 4 heteroatoms. The number of allylic oxidation sites excluding steroid dienone is 1. The van der Waals surface area contributed by atoms with E-state index in [2.05, 4.69) is 34.6 Å². The standard InChI is InChI=1S/C30H54O4/c1-7-8-9-10-11-12-13-14-15-18-25(21-20-24(2)23-29(3,4)5)34-28(33)30(6)22-17-16-19-26(30)27(31)32/h17,22,24-26H,7-16,18-21,23H2,1-6H3,(H,31,32). The molecule has 0 fully saturated rings. The summed E-state index contributed by atoms with van der Waals surface area (Å²) in [5.41, 5.74) is -0.782. The normalized spacial score (nSPS) is 22.4. The van der Waals surface area contributed by atoms with Gasteiger partial charge in [-0.05, 0) is 63.2 Å². The smallest absolute Gasteiger partial charge is 0.316 e. The summed E-state index contributed by atoms with van der Waals surface area (Å²) in [6.07, 6.45) is 20.1. The maximum absolute atomic E-state index is 13.2. The third-order valence-electron chi connectivity index (χ3n) is 7.39. The van der Waals surface area contributed by atoms with E-state index in [1.165, 1.54) is 51.4 Å². The third kappa shape index (κ3) is 11.9. The van der Waals surface area contributed by atoms with E-state index in [-0.39, 0.29) is 17.5 Å². The monoisotopic (exact) mass is 478 g/mol. The molecule has 0 heterocycles. The van der Waals surface area contributed by atoms with Crippen LogP contribution in [0.1, 0.15) is 138 Å². The molecular weight excluding hydrogens is 424 g/mol. The Kier molecular flexibility index (Phi) is 14.1. The van der Waals surface area contributed by atoms with Gasteiger partial charge in [-0.15, -0.1) is 0 Å². The lowest BCUT2D eigenvalue weighted by Crippen LogP contribution is -2.42. The lowest BCUT2D eigenvalue weighted by atomic mass is 9.71. The van der Waals surface area contributed by atoms with Gasteiger partial charge in [0.1, 0.15) is 6.10 Å². The van der Waals surface area contributed by atoms with Crippen LogP contribution in [0.3, 0.4) is 0 Å². The van der Waals surface area contributed by atoms with Crippen LogP contribution in [0.25, 0.3) is 0 Å². The molecule has 1 aliphatic rings. The van der Waals surface area contributed by atoms with Crippen molar-refractivity contribution in [3.05, 3.63) is 12.2 Å². The van der Waals surface area contributed by atoms with Gasteiger partial charge in [-0.3, -0.25) is 9.59 Å². The average Bonchev–Trinajstić information content (AvgIpc) is 2.74. The number of unbranched alkanes of at least 4 members (excludes halogenated alkanes) is 8. The first-order chi connectivity index (χ1) is 16.0. The number of rotatable bonds is 17. The Balaban J connectivity index is 2.64. The number of esters is 1. The molecule has 4 nitrogen and oxygen atoms in total. The fourth-order valence-corrected chi connectivity index (χ4v) is 5.44. The molecule has 1 aliphatic carbocycles. The van der Waals surface area contributed by atoms with Crippen LogP contribution in [0.4, 0.5) is 0 Å². The first-order valence-electron chi connectivity index (χ1n) is 14.1. The Labute approximate surface area is 210 Å². The minimum Gasteiger partial charge on any atom is -0.481 e. The molecule has 4 unspecified atom stereocenters. The molecule has 0 spiro atoms. The van der Waals surface area contributed by atoms with E-state index in [4.69, 9.17) is 4.74 Å². The highest BCUT2D eigenvalue weighted by atomic mass is 16.5. The van der Waals surface area contributed by atoms with Crippen LogP contribution in [-0.2, 0) is 14.3 Å². The van der Waals surface area contributed by atoms with Crippen molar-refractivity contribution in [3.8, 4) is 0 Å². The number of carbonyl (C=O) groups is 2. The zero-order valence-electron chi connectivity index (χ0n) is 23.2. The van der Waals surface area contributed by atoms with Crippen molar-refractivity contribution in [1.29, 1.82) is 0 Å². The van der Waals surface area contributed by atoms with Gasteiger partial charge in [-0.1, -0.05) is 98.1 Å². The Morgan fingerprint density at radius 3 is 2.15 bits per heavy atom. The van der Waals surface area contributed by atoms with Gasteiger partial charge in [-0.25, -0.2) is 0 Å². The van der Waals surface area contributed by atoms with Crippen molar-refractivity contribution in [2.45, 2.75) is 144 Å². The van der Waals surface area contributed by atoms with Gasteiger partial charge < -0.3 is 9.84 Å². The van der Waals surface area contributed by atoms with Crippen LogP contribution < -0.4 is 0 Å². The molecule has 1 rings (SSSR count). The summed E-state index contributed by atoms with van der Waals surface area (Å²) in [6, 6.07) is 0. The molecular formula is C30H54O4. The molecule has 198 valence electrons. The van der Waals surface area contributed by atoms with Gasteiger partial charge in [-0.2, -0.15) is 0 Å². The topological polar surface area (TPSA) is 63.6 Å². The van der Waals surface area contributed by atoms with Crippen LogP contribution in [-0.4, -0.2) is 23.1 Å². The summed E-state index contributed by atoms with van der Waals surface area (Å²) >= 11 is 0. The molecule has 0 aliphatic heterocycles. The second kappa shape index (κ2) is 15.6. The average molecular weight is 479 g/mol. The van der Waals surface area contributed by atoms with Crippen molar-refractivity contribution in [2.24, 2.45) is 22.7 Å². The number of ether oxygens (including phenoxy) is 1. The fraction of sp³-hybridized carbons (Fsp3) is 0.867. The van der Waals surface area contributed by atoms with Crippen molar-refractivity contribution in [3.63, 3.8) is 0 Å². The molecule has 0 saturated heterocycles. The summed E-state index contributed by atoms with van der Waals surface area (Å²) in [5, 5.41) is 9.69. The zero-order valence-corrected chi connectivity index (χ0v) is 23.2. The Hall–Kier alpha value is -1.32. The molecule has 34 heavy (non-hydrogen) atoms. The maximum Gasteiger partial charge on any atom is 0.316 e. The molecule has 4 atom stereocenters. The van der Waals surface area contributed by atoms with Crippen molar-refractivity contribution < 1.29 is 19.4 Å². The Morgan fingerprint density at radius 1 is 1.00 bits per heavy atom. The van der Waals surface area contributed by atoms with Crippen molar-refractivity contribution in [1.82, 2.24) is 0 Å². The van der Waals surface area contributed by atoms with Crippen LogP contribution in [0.5, 0.6) is 0 Å². The molecule has 0 aromatic carbocycles. The van der Waals surface area contributed by atoms with Gasteiger partial charge in [0.15, 0.2) is 0 Å². The third-order valence-corrected chi connectivity index (χ3v) is 7.39. The second-order valence-electron chi connectivity index (χ2n) is 12.2. The van der Waals surface area contributed by atoms with Crippen molar-refractivity contribution in [2.75, 3.05) is 0 Å². The number of carboxylic acid groups (broad SMARTS) is 1. The Bertz CT molecular complexity index is 618. The van der Waals surface area contributed by atoms with E-state index >= 15 is 0 Å². The quantitative estimate of drug-likeness (QED) is 0.129. The highest BCUT2D eigenvalue weighted by Crippen LogP contribution is 2.39. The summed E-state index contributed by atoms with van der Waals surface area (Å²) < 4.78 is 6.07. The molecule has 0 amide bonds. The van der Waals surface area contributed by atoms with E-state index < -0.39 is 17.3 Å². The van der Waals surface area contributed by atoms with E-state index in [9.17, 15) is 14.7 Å². The number of carboxylic acids is 1. The number of hydrogen-bond acceptors (Lipinski definition) is 3. The fourth-order valence-electron chi connectivity index (χ4n) is 5.44. The number of aliphatic carboxylic acids is 1. The van der Waals surface area contributed by atoms with E-state index in [1.807, 2.05) is 6.08 Å². The zero-order chi connectivity index (χ0) is 25.6. The number of hydrogen-bond donors (Lipinski definition) is 1. The van der Waals surface area contributed by atoms with Gasteiger partial charge in [0.05, 0.1) is 11.3 Å². The maximum atomic E-state index is 13.2. The highest BCUT2D eigenvalue weighted by molar-refractivity contribution is 5.86. The second-order valence-corrected chi connectivity index (χ2v) is 12.2. The summed E-state index contributed by atoms with van der Waals surface area (Å²) in [4.78, 5) is 25.1. The van der Waals surface area contributed by atoms with E-state index in [1.54, 1.807) is 13.0 Å². The predicted molar refractivity (Wildman–Crippen MR) is 142 cm³/mol. The van der Waals surface area contributed by atoms with Gasteiger partial charge in [0, 0.05) is 0 Å². The lowest BCUT2D eigenvalue weighted by Gasteiger charge is -2.34. The van der Waals surface area contributed by atoms with Crippen LogP contribution >= 0.6 is 0 Å². The number of carbonyl (C=O) groups excluding carboxylic acids is 1. The van der Waals surface area contributed by atoms with Crippen LogP contribution in [0.2, 0.25) is 0 Å². The minimum atomic E-state index is -1.07.